The van der Waals surface area contributed by atoms with Gasteiger partial charge in [0.05, 0.1) is 13.2 Å². The molecule has 6 rings (SSSR count). The summed E-state index contributed by atoms with van der Waals surface area (Å²) in [5.74, 6) is 1.36. The number of amides is 3. The number of ether oxygens (including phenoxy) is 1. The second-order valence-electron chi connectivity index (χ2n) is 10.8. The summed E-state index contributed by atoms with van der Waals surface area (Å²) in [5, 5.41) is 13.3. The number of carbonyl (C=O) groups excluding carboxylic acids is 2. The molecule has 4 aromatic rings. The molecule has 0 radical (unpaired) electrons. The summed E-state index contributed by atoms with van der Waals surface area (Å²) in [4.78, 5) is 37.0. The van der Waals surface area contributed by atoms with Crippen molar-refractivity contribution in [3.8, 4) is 11.4 Å². The maximum Gasteiger partial charge on any atom is 0.323 e. The molecule has 4 heterocycles. The Balaban J connectivity index is 0.00000192. The van der Waals surface area contributed by atoms with Crippen molar-refractivity contribution in [2.45, 2.75) is 0 Å². The normalized spacial score (nSPS) is 16.3. The van der Waals surface area contributed by atoms with Crippen LogP contribution in [0.25, 0.3) is 16.9 Å². The number of likely N-dealkylation sites (N-methyl/N-ethyl adjacent to an activating group) is 1. The number of nitrogens with one attached hydrogen (secondary N) is 3. The number of rotatable bonds is 8. The monoisotopic (exact) mass is 589 g/mol. The van der Waals surface area contributed by atoms with Gasteiger partial charge in [-0.2, -0.15) is 0 Å². The van der Waals surface area contributed by atoms with Gasteiger partial charge in [0.1, 0.15) is 5.52 Å². The number of piperazine rings is 1. The Morgan fingerprint density at radius 3 is 2.26 bits per heavy atom. The minimum atomic E-state index is -0.378. The number of anilines is 3. The maximum absolute atomic E-state index is 12.7. The lowest BCUT2D eigenvalue weighted by atomic mass is 10.2. The van der Waals surface area contributed by atoms with Gasteiger partial charge in [0.25, 0.3) is 5.91 Å². The van der Waals surface area contributed by atoms with Gasteiger partial charge in [-0.15, -0.1) is 5.10 Å². The predicted octanol–water partition coefficient (Wildman–Crippen LogP) is 3.59. The zero-order valence-corrected chi connectivity index (χ0v) is 24.3. The van der Waals surface area contributed by atoms with Crippen LogP contribution in [0.5, 0.6) is 0 Å². The molecule has 0 saturated carbocycles. The molecule has 0 spiro atoms. The summed E-state index contributed by atoms with van der Waals surface area (Å²) >= 11 is 0. The zero-order chi connectivity index (χ0) is 29.6. The number of carbonyl (C=O) groups is 2. The van der Waals surface area contributed by atoms with Crippen LogP contribution in [-0.2, 0) is 4.74 Å². The number of fused-ring (bicyclic) bond motifs is 1. The van der Waals surface area contributed by atoms with E-state index in [0.29, 0.717) is 42.5 Å². The summed E-state index contributed by atoms with van der Waals surface area (Å²) in [6, 6.07) is 17.9. The first-order valence-electron chi connectivity index (χ1n) is 14.7. The highest BCUT2D eigenvalue weighted by Crippen LogP contribution is 2.25. The average molecular weight is 590 g/mol. The molecule has 0 atom stereocenters. The Bertz CT molecular complexity index is 1560. The van der Waals surface area contributed by atoms with Gasteiger partial charge >= 0.3 is 6.03 Å². The van der Waals surface area contributed by atoms with Gasteiger partial charge in [-0.1, -0.05) is 0 Å². The lowest BCUT2D eigenvalue weighted by Gasteiger charge is -2.32. The average Bonchev–Trinajstić information content (AvgIpc) is 3.52. The number of urea groups is 1. The molecule has 230 valence electrons. The first-order chi connectivity index (χ1) is 21.0. The lowest BCUT2D eigenvalue weighted by molar-refractivity contribution is 0.0941. The quantitative estimate of drug-likeness (QED) is 0.285. The van der Waals surface area contributed by atoms with Gasteiger partial charge < -0.3 is 30.5 Å². The molecule has 0 bridgehead atoms. The third-order valence-corrected chi connectivity index (χ3v) is 7.80. The van der Waals surface area contributed by atoms with Gasteiger partial charge in [0, 0.05) is 85.3 Å². The first-order valence-corrected chi connectivity index (χ1v) is 14.7. The minimum Gasteiger partial charge on any atom is -0.378 e. The molecule has 12 nitrogen and oxygen atoms in total. The highest BCUT2D eigenvalue weighted by atomic mass is 16.5. The van der Waals surface area contributed by atoms with Gasteiger partial charge in [0.2, 0.25) is 0 Å². The van der Waals surface area contributed by atoms with Gasteiger partial charge in [-0.3, -0.25) is 9.69 Å². The van der Waals surface area contributed by atoms with E-state index < -0.39 is 0 Å². The summed E-state index contributed by atoms with van der Waals surface area (Å²) in [6.07, 6.45) is 1.92. The van der Waals surface area contributed by atoms with Crippen molar-refractivity contribution in [2.75, 3.05) is 88.2 Å². The fourth-order valence-corrected chi connectivity index (χ4v) is 5.25. The molecule has 2 saturated heterocycles. The lowest BCUT2D eigenvalue weighted by Crippen LogP contribution is -2.46. The van der Waals surface area contributed by atoms with E-state index in [1.807, 2.05) is 47.1 Å². The van der Waals surface area contributed by atoms with Crippen molar-refractivity contribution in [3.05, 3.63) is 72.4 Å². The summed E-state index contributed by atoms with van der Waals surface area (Å²) < 4.78 is 7.35. The van der Waals surface area contributed by atoms with Gasteiger partial charge in [0.15, 0.2) is 11.6 Å². The summed E-state index contributed by atoms with van der Waals surface area (Å²) in [6.45, 7) is 8.50. The van der Waals surface area contributed by atoms with Crippen LogP contribution in [0.4, 0.5) is 22.0 Å². The van der Waals surface area contributed by atoms with Crippen LogP contribution in [0.3, 0.4) is 0 Å². The molecule has 0 unspecified atom stereocenters. The van der Waals surface area contributed by atoms with E-state index in [9.17, 15) is 9.59 Å². The number of morpholine rings is 1. The number of benzene rings is 2. The zero-order valence-electron chi connectivity index (χ0n) is 24.3. The maximum atomic E-state index is 12.7. The third kappa shape index (κ3) is 7.11. The van der Waals surface area contributed by atoms with E-state index in [1.165, 1.54) is 0 Å². The number of hydrogen-bond donors (Lipinski definition) is 3. The summed E-state index contributed by atoms with van der Waals surface area (Å²) in [5.41, 5.74) is 3.57. The van der Waals surface area contributed by atoms with Crippen LogP contribution in [0.1, 0.15) is 14.6 Å². The molecular weight excluding hydrogens is 546 g/mol. The minimum absolute atomic E-state index is 0. The molecule has 2 fully saturated rings. The highest BCUT2D eigenvalue weighted by molar-refractivity contribution is 6.00. The van der Waals surface area contributed by atoms with Gasteiger partial charge in [-0.05, 0) is 67.7 Å². The van der Waals surface area contributed by atoms with Crippen molar-refractivity contribution >= 4 is 34.6 Å². The largest absolute Gasteiger partial charge is 0.378 e. The number of nitrogens with zero attached hydrogens (tertiary/aromatic N) is 6. The smallest absolute Gasteiger partial charge is 0.323 e. The fourth-order valence-electron chi connectivity index (χ4n) is 5.25. The molecule has 3 amide bonds. The van der Waals surface area contributed by atoms with Gasteiger partial charge in [-0.25, -0.2) is 14.3 Å². The molecule has 12 heteroatoms. The number of hydrogen-bond acceptors (Lipinski definition) is 8. The van der Waals surface area contributed by atoms with Crippen LogP contribution in [0.2, 0.25) is 0 Å². The molecule has 2 aliphatic rings. The van der Waals surface area contributed by atoms with E-state index >= 15 is 0 Å². The van der Waals surface area contributed by atoms with E-state index in [1.54, 1.807) is 24.3 Å². The molecule has 43 heavy (non-hydrogen) atoms. The Labute approximate surface area is 255 Å². The molecule has 2 aromatic heterocycles. The first kappa shape index (κ1) is 28.6. The molecule has 0 aliphatic carbocycles. The third-order valence-electron chi connectivity index (χ3n) is 7.80. The second kappa shape index (κ2) is 13.2. The second-order valence-corrected chi connectivity index (χ2v) is 10.8. The Morgan fingerprint density at radius 1 is 0.884 bits per heavy atom. The fraction of sp³-hybridized carbons (Fsp3) is 0.355. The standard InChI is InChI=1S/C31H37N9O3.3H2/c1-37-15-17-38(18-16-37)14-12-32-30(41)24-6-10-26(11-7-24)34-31(42)33-25-8-4-23(5-9-25)28-35-29(39-19-21-43-22-20-39)27-3-2-13-40(27)36-28;;;/h2-11,13H,12,14-22H2,1H3,(H,32,41)(H2,33,34,42);3*1H. The molecule has 2 aliphatic heterocycles. The molecular formula is C31H43N9O3. The van der Waals surface area contributed by atoms with Crippen molar-refractivity contribution in [1.29, 1.82) is 0 Å². The molecule has 3 N–H and O–H groups in total. The number of aromatic nitrogens is 3. The molecule has 2 aromatic carbocycles. The predicted molar refractivity (Wildman–Crippen MR) is 173 cm³/mol. The summed E-state index contributed by atoms with van der Waals surface area (Å²) in [7, 11) is 2.13. The van der Waals surface area contributed by atoms with Crippen molar-refractivity contribution < 1.29 is 18.6 Å². The van der Waals surface area contributed by atoms with Crippen LogP contribution in [-0.4, -0.2) is 109 Å². The van der Waals surface area contributed by atoms with Crippen LogP contribution in [0.15, 0.2) is 66.9 Å². The SMILES string of the molecule is CN1CCN(CCNC(=O)c2ccc(NC(=O)Nc3ccc(-c4nc(N5CCOCC5)c5cccn5n4)cc3)cc2)CC1.[HH].[HH].[HH]. The van der Waals surface area contributed by atoms with Crippen LogP contribution < -0.4 is 20.9 Å². The van der Waals surface area contributed by atoms with E-state index in [0.717, 1.165) is 62.7 Å². The van der Waals surface area contributed by atoms with E-state index in [-0.39, 0.29) is 16.2 Å². The van der Waals surface area contributed by atoms with E-state index in [2.05, 4.69) is 42.8 Å². The van der Waals surface area contributed by atoms with Crippen LogP contribution >= 0.6 is 0 Å². The Hall–Kier alpha value is -4.52. The van der Waals surface area contributed by atoms with Crippen molar-refractivity contribution in [3.63, 3.8) is 0 Å². The van der Waals surface area contributed by atoms with E-state index in [4.69, 9.17) is 9.72 Å². The topological polar surface area (TPSA) is 119 Å². The Morgan fingerprint density at radius 2 is 1.56 bits per heavy atom. The highest BCUT2D eigenvalue weighted by Gasteiger charge is 2.18. The van der Waals surface area contributed by atoms with Crippen LogP contribution in [0, 0.1) is 0 Å². The van der Waals surface area contributed by atoms with Crippen molar-refractivity contribution in [1.82, 2.24) is 29.7 Å². The van der Waals surface area contributed by atoms with Crippen molar-refractivity contribution in [2.24, 2.45) is 0 Å². The Kier molecular flexibility index (Phi) is 8.77.